The van der Waals surface area contributed by atoms with Gasteiger partial charge < -0.3 is 38.2 Å². The van der Waals surface area contributed by atoms with E-state index in [4.69, 9.17) is 44.4 Å². The van der Waals surface area contributed by atoms with Crippen molar-refractivity contribution in [3.8, 4) is 28.6 Å². The summed E-state index contributed by atoms with van der Waals surface area (Å²) in [6, 6.07) is 22.6. The molecule has 1 aromatic heterocycles. The van der Waals surface area contributed by atoms with Crippen molar-refractivity contribution in [2.45, 2.75) is 38.6 Å². The van der Waals surface area contributed by atoms with E-state index in [1.165, 1.54) is 12.1 Å². The first-order valence-electron chi connectivity index (χ1n) is 20.8. The SMILES string of the molecule is CCOc1cc2oc(-c3ccc(OCCOCCOCCOCCOc4cccc5c4C(=O)N(C4CCC(=O)NC4=O)C5=O)cc3Cl)cc(=O)c2cc1CCC(=O)Nc1ccccc1. The maximum Gasteiger partial charge on any atom is 0.266 e. The Morgan fingerprint density at radius 1 is 0.766 bits per heavy atom. The van der Waals surface area contributed by atoms with Crippen molar-refractivity contribution in [1.82, 2.24) is 10.2 Å². The molecule has 2 N–H and O–H groups in total. The number of nitrogens with one attached hydrogen (secondary N) is 2. The number of imide groups is 2. The van der Waals surface area contributed by atoms with Gasteiger partial charge in [0.2, 0.25) is 17.7 Å². The minimum Gasteiger partial charge on any atom is -0.493 e. The molecule has 1 saturated heterocycles. The summed E-state index contributed by atoms with van der Waals surface area (Å²) in [5, 5.41) is 5.74. The first kappa shape index (κ1) is 45.4. The Kier molecular flexibility index (Phi) is 15.4. The van der Waals surface area contributed by atoms with Crippen LogP contribution in [-0.4, -0.2) is 99.9 Å². The summed E-state index contributed by atoms with van der Waals surface area (Å²) in [4.78, 5) is 76.9. The van der Waals surface area contributed by atoms with Gasteiger partial charge in [0.05, 0.1) is 67.8 Å². The molecule has 5 amide bonds. The number of carbonyl (C=O) groups is 5. The highest BCUT2D eigenvalue weighted by atomic mass is 35.5. The maximum atomic E-state index is 13.3. The molecule has 16 nitrogen and oxygen atoms in total. The molecule has 0 saturated carbocycles. The second kappa shape index (κ2) is 21.7. The number of piperidine rings is 1. The van der Waals surface area contributed by atoms with Crippen LogP contribution in [0.4, 0.5) is 5.69 Å². The third-order valence-corrected chi connectivity index (χ3v) is 10.6. The van der Waals surface area contributed by atoms with Crippen LogP contribution in [0.15, 0.2) is 94.1 Å². The van der Waals surface area contributed by atoms with Gasteiger partial charge >= 0.3 is 0 Å². The van der Waals surface area contributed by atoms with Crippen LogP contribution in [0.3, 0.4) is 0 Å². The monoisotopic (exact) mass is 895 g/mol. The van der Waals surface area contributed by atoms with E-state index in [0.717, 1.165) is 10.5 Å². The Morgan fingerprint density at radius 3 is 2.19 bits per heavy atom. The second-order valence-corrected chi connectivity index (χ2v) is 15.0. The van der Waals surface area contributed by atoms with Gasteiger partial charge in [-0.25, -0.2) is 0 Å². The fraction of sp³-hybridized carbons (Fsp3) is 0.319. The van der Waals surface area contributed by atoms with Gasteiger partial charge in [-0.15, -0.1) is 0 Å². The lowest BCUT2D eigenvalue weighted by Crippen LogP contribution is -2.54. The van der Waals surface area contributed by atoms with Gasteiger partial charge in [-0.3, -0.25) is 39.0 Å². The zero-order valence-corrected chi connectivity index (χ0v) is 35.7. The van der Waals surface area contributed by atoms with Crippen LogP contribution in [0.25, 0.3) is 22.3 Å². The number of ether oxygens (including phenoxy) is 6. The highest BCUT2D eigenvalue weighted by Crippen LogP contribution is 2.35. The number of anilines is 1. The molecular formula is C47H46ClN3O13. The number of hydrogen-bond donors (Lipinski definition) is 2. The molecule has 17 heteroatoms. The van der Waals surface area contributed by atoms with Gasteiger partial charge in [-0.05, 0) is 73.9 Å². The molecule has 0 spiro atoms. The number of aryl methyl sites for hydroxylation is 1. The molecule has 0 radical (unpaired) electrons. The summed E-state index contributed by atoms with van der Waals surface area (Å²) >= 11 is 6.63. The summed E-state index contributed by atoms with van der Waals surface area (Å²) in [6.45, 7) is 4.31. The Balaban J connectivity index is 0.789. The Morgan fingerprint density at radius 2 is 1.48 bits per heavy atom. The molecular weight excluding hydrogens is 850 g/mol. The van der Waals surface area contributed by atoms with E-state index in [9.17, 15) is 28.8 Å². The lowest BCUT2D eigenvalue weighted by atomic mass is 10.0. The van der Waals surface area contributed by atoms with E-state index in [0.29, 0.717) is 78.2 Å². The Labute approximate surface area is 372 Å². The summed E-state index contributed by atoms with van der Waals surface area (Å²) in [6.07, 6.45) is 0.657. The third kappa shape index (κ3) is 11.1. The van der Waals surface area contributed by atoms with Crippen molar-refractivity contribution >= 4 is 57.8 Å². The molecule has 2 aliphatic heterocycles. The van der Waals surface area contributed by atoms with Crippen molar-refractivity contribution in [2.24, 2.45) is 0 Å². The topological polar surface area (TPSA) is 198 Å². The molecule has 5 aromatic rings. The highest BCUT2D eigenvalue weighted by Gasteiger charge is 2.46. The molecule has 1 atom stereocenters. The van der Waals surface area contributed by atoms with Crippen LogP contribution in [0.1, 0.15) is 52.5 Å². The minimum absolute atomic E-state index is 0.0334. The van der Waals surface area contributed by atoms with Crippen LogP contribution < -0.4 is 30.3 Å². The number of fused-ring (bicyclic) bond motifs is 2. The number of hydrogen-bond acceptors (Lipinski definition) is 13. The number of nitrogens with zero attached hydrogens (tertiary/aromatic N) is 1. The number of amides is 5. The third-order valence-electron chi connectivity index (χ3n) is 10.3. The molecule has 3 heterocycles. The van der Waals surface area contributed by atoms with Crippen LogP contribution >= 0.6 is 11.6 Å². The molecule has 2 aliphatic rings. The molecule has 0 bridgehead atoms. The average Bonchev–Trinajstić information content (AvgIpc) is 3.53. The molecule has 4 aromatic carbocycles. The van der Waals surface area contributed by atoms with Crippen LogP contribution in [0.5, 0.6) is 17.2 Å². The van der Waals surface area contributed by atoms with Crippen molar-refractivity contribution in [2.75, 3.05) is 64.8 Å². The van der Waals surface area contributed by atoms with E-state index < -0.39 is 29.7 Å². The van der Waals surface area contributed by atoms with Gasteiger partial charge in [0.25, 0.3) is 11.8 Å². The van der Waals surface area contributed by atoms with Crippen LogP contribution in [0, 0.1) is 0 Å². The Bertz CT molecular complexity index is 2580. The number of halogens is 1. The number of para-hydroxylation sites is 1. The summed E-state index contributed by atoms with van der Waals surface area (Å²) in [5.74, 6) is -1.01. The van der Waals surface area contributed by atoms with Crippen LogP contribution in [-0.2, 0) is 35.0 Å². The first-order chi connectivity index (χ1) is 31.1. The maximum absolute atomic E-state index is 13.3. The van der Waals surface area contributed by atoms with Gasteiger partial charge in [-0.2, -0.15) is 0 Å². The predicted octanol–water partition coefficient (Wildman–Crippen LogP) is 5.99. The second-order valence-electron chi connectivity index (χ2n) is 14.6. The average molecular weight is 896 g/mol. The Hall–Kier alpha value is -6.59. The molecule has 1 unspecified atom stereocenters. The zero-order valence-electron chi connectivity index (χ0n) is 35.0. The normalized spacial score (nSPS) is 14.7. The molecule has 0 aliphatic carbocycles. The van der Waals surface area contributed by atoms with Gasteiger partial charge in [0.1, 0.15) is 47.8 Å². The van der Waals surface area contributed by atoms with Gasteiger partial charge in [0, 0.05) is 36.2 Å². The lowest BCUT2D eigenvalue weighted by molar-refractivity contribution is -0.136. The summed E-state index contributed by atoms with van der Waals surface area (Å²) < 4.78 is 40.3. The molecule has 7 rings (SSSR count). The van der Waals surface area contributed by atoms with Gasteiger partial charge in [0.15, 0.2) is 5.43 Å². The first-order valence-corrected chi connectivity index (χ1v) is 21.2. The molecule has 1 fully saturated rings. The summed E-state index contributed by atoms with van der Waals surface area (Å²) in [7, 11) is 0. The smallest absolute Gasteiger partial charge is 0.266 e. The lowest BCUT2D eigenvalue weighted by Gasteiger charge is -2.27. The van der Waals surface area contributed by atoms with E-state index in [2.05, 4.69) is 10.6 Å². The number of carbonyl (C=O) groups excluding carboxylic acids is 5. The van der Waals surface area contributed by atoms with Crippen molar-refractivity contribution in [3.63, 3.8) is 0 Å². The fourth-order valence-electron chi connectivity index (χ4n) is 7.20. The highest BCUT2D eigenvalue weighted by molar-refractivity contribution is 6.33. The number of benzene rings is 4. The van der Waals surface area contributed by atoms with E-state index in [-0.39, 0.29) is 79.7 Å². The van der Waals surface area contributed by atoms with E-state index >= 15 is 0 Å². The molecule has 64 heavy (non-hydrogen) atoms. The van der Waals surface area contributed by atoms with Gasteiger partial charge in [-0.1, -0.05) is 35.9 Å². The van der Waals surface area contributed by atoms with Crippen molar-refractivity contribution in [1.29, 1.82) is 0 Å². The quantitative estimate of drug-likeness (QED) is 0.0607. The van der Waals surface area contributed by atoms with Crippen molar-refractivity contribution < 1.29 is 56.8 Å². The van der Waals surface area contributed by atoms with Crippen molar-refractivity contribution in [3.05, 3.63) is 117 Å². The summed E-state index contributed by atoms with van der Waals surface area (Å²) in [5.41, 5.74) is 2.21. The minimum atomic E-state index is -1.06. The largest absolute Gasteiger partial charge is 0.493 e. The van der Waals surface area contributed by atoms with Crippen LogP contribution in [0.2, 0.25) is 5.02 Å². The van der Waals surface area contributed by atoms with E-state index in [1.54, 1.807) is 42.5 Å². The number of rotatable bonds is 22. The standard InChI is InChI=1S/C47H46ClN3O13/c1-2-61-39-28-41-34(25-29(39)11-15-42(53)49-30-7-4-3-5-8-30)37(52)27-40(64-41)32-13-12-31(26-35(32)48)62-23-21-59-19-17-58-18-20-60-22-24-63-38-10-6-9-33-44(38)47(57)51(46(33)56)36-14-16-43(54)50-45(36)55/h3-10,12-13,25-28,36H,2,11,14-24H2,1H3,(H,49,53)(H,50,54,55). The predicted molar refractivity (Wildman–Crippen MR) is 234 cm³/mol. The zero-order chi connectivity index (χ0) is 45.0. The van der Waals surface area contributed by atoms with E-state index in [1.807, 2.05) is 37.3 Å². The fourth-order valence-corrected chi connectivity index (χ4v) is 7.46. The molecule has 334 valence electrons.